The molecule has 2 heterocycles. The van der Waals surface area contributed by atoms with Crippen LogP contribution in [0.2, 0.25) is 0 Å². The summed E-state index contributed by atoms with van der Waals surface area (Å²) in [6.45, 7) is 2.04. The van der Waals surface area contributed by atoms with Crippen LogP contribution in [0.25, 0.3) is 22.3 Å². The molecule has 3 rings (SSSR count). The van der Waals surface area contributed by atoms with Crippen molar-refractivity contribution in [2.24, 2.45) is 0 Å². The number of nitrogens with zero attached hydrogens (tertiary/aromatic N) is 3. The van der Waals surface area contributed by atoms with Gasteiger partial charge in [-0.2, -0.15) is 0 Å². The molecule has 0 amide bonds. The average Bonchev–Trinajstić information content (AvgIpc) is 2.49. The van der Waals surface area contributed by atoms with Gasteiger partial charge in [0.15, 0.2) is 5.82 Å². The number of rotatable bonds is 2. The third kappa shape index (κ3) is 2.14. The van der Waals surface area contributed by atoms with Gasteiger partial charge in [-0.3, -0.25) is 4.98 Å². The first-order valence-corrected chi connectivity index (χ1v) is 7.16. The minimum absolute atomic E-state index is 0.458. The third-order valence-corrected chi connectivity index (χ3v) is 4.02. The van der Waals surface area contributed by atoms with E-state index in [1.54, 1.807) is 6.20 Å². The molecule has 0 saturated heterocycles. The lowest BCUT2D eigenvalue weighted by molar-refractivity contribution is 0.996. The van der Waals surface area contributed by atoms with E-state index in [0.29, 0.717) is 11.6 Å². The first-order chi connectivity index (χ1) is 9.70. The lowest BCUT2D eigenvalue weighted by Crippen LogP contribution is -2.02. The Bertz CT molecular complexity index is 781. The van der Waals surface area contributed by atoms with Gasteiger partial charge in [0, 0.05) is 17.1 Å². The maximum atomic E-state index is 5.96. The minimum atomic E-state index is 0.458. The highest BCUT2D eigenvalue weighted by molar-refractivity contribution is 9.10. The van der Waals surface area contributed by atoms with Gasteiger partial charge in [-0.1, -0.05) is 25.1 Å². The summed E-state index contributed by atoms with van der Waals surface area (Å²) >= 11 is 3.43. The number of nitrogens with two attached hydrogens (primary N) is 1. The van der Waals surface area contributed by atoms with Gasteiger partial charge in [-0.05, 0) is 34.5 Å². The van der Waals surface area contributed by atoms with Crippen LogP contribution in [-0.4, -0.2) is 15.0 Å². The van der Waals surface area contributed by atoms with E-state index in [4.69, 9.17) is 5.73 Å². The average molecular weight is 329 g/mol. The number of fused-ring (bicyclic) bond motifs is 1. The third-order valence-electron chi connectivity index (χ3n) is 3.15. The Morgan fingerprint density at radius 2 is 1.95 bits per heavy atom. The molecular weight excluding hydrogens is 316 g/mol. The normalized spacial score (nSPS) is 10.9. The van der Waals surface area contributed by atoms with Gasteiger partial charge >= 0.3 is 0 Å². The lowest BCUT2D eigenvalue weighted by Gasteiger charge is -2.09. The Morgan fingerprint density at radius 3 is 2.75 bits per heavy atom. The molecule has 0 aliphatic heterocycles. The second-order valence-electron chi connectivity index (χ2n) is 4.43. The molecule has 0 unspecified atom stereocenters. The monoisotopic (exact) mass is 328 g/mol. The number of nitrogen functional groups attached to an aromatic ring is 1. The van der Waals surface area contributed by atoms with Crippen LogP contribution in [0.15, 0.2) is 41.0 Å². The minimum Gasteiger partial charge on any atom is -0.383 e. The molecule has 0 saturated carbocycles. The number of aromatic nitrogens is 3. The lowest BCUT2D eigenvalue weighted by atomic mass is 10.1. The predicted octanol–water partition coefficient (Wildman–Crippen LogP) is 3.60. The van der Waals surface area contributed by atoms with Crippen molar-refractivity contribution in [2.75, 3.05) is 5.73 Å². The smallest absolute Gasteiger partial charge is 0.164 e. The standard InChI is InChI=1S/C15H13BrN4/c1-2-11-12(16)14(17)20-15(19-11)10-7-3-5-9-6-4-8-18-13(9)10/h3-8H,2H2,1H3,(H2,17,19,20). The Hall–Kier alpha value is -2.01. The number of anilines is 1. The van der Waals surface area contributed by atoms with Crippen LogP contribution in [0, 0.1) is 0 Å². The van der Waals surface area contributed by atoms with Crippen molar-refractivity contribution in [1.29, 1.82) is 0 Å². The summed E-state index contributed by atoms with van der Waals surface area (Å²) in [5.74, 6) is 1.08. The summed E-state index contributed by atoms with van der Waals surface area (Å²) in [7, 11) is 0. The molecule has 0 atom stereocenters. The molecule has 20 heavy (non-hydrogen) atoms. The Morgan fingerprint density at radius 1 is 1.15 bits per heavy atom. The fraction of sp³-hybridized carbons (Fsp3) is 0.133. The van der Waals surface area contributed by atoms with E-state index in [1.165, 1.54) is 0 Å². The van der Waals surface area contributed by atoms with Gasteiger partial charge in [0.05, 0.1) is 15.7 Å². The van der Waals surface area contributed by atoms with E-state index in [1.807, 2.05) is 37.3 Å². The van der Waals surface area contributed by atoms with E-state index >= 15 is 0 Å². The maximum absolute atomic E-state index is 5.96. The molecule has 2 aromatic heterocycles. The molecule has 0 fully saturated rings. The summed E-state index contributed by atoms with van der Waals surface area (Å²) in [5.41, 5.74) is 8.65. The highest BCUT2D eigenvalue weighted by Gasteiger charge is 2.12. The quantitative estimate of drug-likeness (QED) is 0.780. The van der Waals surface area contributed by atoms with Crippen LogP contribution in [0.1, 0.15) is 12.6 Å². The second-order valence-corrected chi connectivity index (χ2v) is 5.22. The summed E-state index contributed by atoms with van der Waals surface area (Å²) in [4.78, 5) is 13.4. The van der Waals surface area contributed by atoms with Crippen molar-refractivity contribution in [3.05, 3.63) is 46.7 Å². The van der Waals surface area contributed by atoms with E-state index in [2.05, 4.69) is 30.9 Å². The fourth-order valence-electron chi connectivity index (χ4n) is 2.15. The molecule has 0 aliphatic carbocycles. The van der Waals surface area contributed by atoms with Crippen molar-refractivity contribution >= 4 is 32.7 Å². The van der Waals surface area contributed by atoms with Crippen LogP contribution in [0.5, 0.6) is 0 Å². The summed E-state index contributed by atoms with van der Waals surface area (Å²) in [5, 5.41) is 1.06. The molecular formula is C15H13BrN4. The van der Waals surface area contributed by atoms with Crippen molar-refractivity contribution in [2.45, 2.75) is 13.3 Å². The van der Waals surface area contributed by atoms with Crippen molar-refractivity contribution < 1.29 is 0 Å². The second kappa shape index (κ2) is 5.17. The van der Waals surface area contributed by atoms with Crippen molar-refractivity contribution in [1.82, 2.24) is 15.0 Å². The first kappa shape index (κ1) is 13.0. The summed E-state index contributed by atoms with van der Waals surface area (Å²) < 4.78 is 0.775. The SMILES string of the molecule is CCc1nc(-c2cccc3cccnc23)nc(N)c1Br. The van der Waals surface area contributed by atoms with Crippen LogP contribution < -0.4 is 5.73 Å². The van der Waals surface area contributed by atoms with Crippen LogP contribution >= 0.6 is 15.9 Å². The molecule has 100 valence electrons. The Kier molecular flexibility index (Phi) is 3.36. The Labute approximate surface area is 125 Å². The number of aryl methyl sites for hydroxylation is 1. The Balaban J connectivity index is 2.28. The van der Waals surface area contributed by atoms with Crippen LogP contribution in [0.3, 0.4) is 0 Å². The van der Waals surface area contributed by atoms with E-state index in [-0.39, 0.29) is 0 Å². The number of hydrogen-bond donors (Lipinski definition) is 1. The molecule has 4 nitrogen and oxygen atoms in total. The molecule has 2 N–H and O–H groups in total. The van der Waals surface area contributed by atoms with Gasteiger partial charge in [0.25, 0.3) is 0 Å². The zero-order valence-electron chi connectivity index (χ0n) is 11.0. The van der Waals surface area contributed by atoms with Gasteiger partial charge in [0.2, 0.25) is 0 Å². The summed E-state index contributed by atoms with van der Waals surface area (Å²) in [6.07, 6.45) is 2.56. The highest BCUT2D eigenvalue weighted by atomic mass is 79.9. The number of halogens is 1. The molecule has 0 aliphatic rings. The van der Waals surface area contributed by atoms with Gasteiger partial charge in [0.1, 0.15) is 5.82 Å². The molecule has 0 bridgehead atoms. The zero-order valence-corrected chi connectivity index (χ0v) is 12.6. The number of pyridine rings is 1. The maximum Gasteiger partial charge on any atom is 0.164 e. The van der Waals surface area contributed by atoms with Gasteiger partial charge in [-0.25, -0.2) is 9.97 Å². The van der Waals surface area contributed by atoms with Crippen molar-refractivity contribution in [3.63, 3.8) is 0 Å². The fourth-order valence-corrected chi connectivity index (χ4v) is 2.61. The highest BCUT2D eigenvalue weighted by Crippen LogP contribution is 2.28. The van der Waals surface area contributed by atoms with Gasteiger partial charge < -0.3 is 5.73 Å². The van der Waals surface area contributed by atoms with Crippen LogP contribution in [0.4, 0.5) is 5.82 Å². The molecule has 0 spiro atoms. The van der Waals surface area contributed by atoms with Gasteiger partial charge in [-0.15, -0.1) is 0 Å². The molecule has 1 aromatic carbocycles. The predicted molar refractivity (Wildman–Crippen MR) is 84.3 cm³/mol. The number of hydrogen-bond acceptors (Lipinski definition) is 4. The first-order valence-electron chi connectivity index (χ1n) is 6.36. The molecule has 3 aromatic rings. The summed E-state index contributed by atoms with van der Waals surface area (Å²) in [6, 6.07) is 9.91. The largest absolute Gasteiger partial charge is 0.383 e. The number of benzene rings is 1. The van der Waals surface area contributed by atoms with E-state index in [9.17, 15) is 0 Å². The van der Waals surface area contributed by atoms with E-state index < -0.39 is 0 Å². The topological polar surface area (TPSA) is 64.7 Å². The van der Waals surface area contributed by atoms with Crippen LogP contribution in [-0.2, 0) is 6.42 Å². The van der Waals surface area contributed by atoms with E-state index in [0.717, 1.165) is 33.1 Å². The molecule has 0 radical (unpaired) electrons. The molecule has 5 heteroatoms. The number of para-hydroxylation sites is 1. The zero-order chi connectivity index (χ0) is 14.1. The van der Waals surface area contributed by atoms with Crippen molar-refractivity contribution in [3.8, 4) is 11.4 Å².